The summed E-state index contributed by atoms with van der Waals surface area (Å²) in [5, 5.41) is 3.31. The van der Waals surface area contributed by atoms with Crippen molar-refractivity contribution in [3.05, 3.63) is 12.4 Å². The summed E-state index contributed by atoms with van der Waals surface area (Å²) in [6, 6.07) is 1.91. The monoisotopic (exact) mass is 222 g/mol. The Labute approximate surface area is 95.8 Å². The molecule has 1 fully saturated rings. The molecule has 0 aromatic carbocycles. The van der Waals surface area contributed by atoms with Gasteiger partial charge < -0.3 is 15.0 Å². The third-order valence-electron chi connectivity index (χ3n) is 2.42. The number of hydrogen-bond acceptors (Lipinski definition) is 5. The molecule has 0 radical (unpaired) electrons. The predicted molar refractivity (Wildman–Crippen MR) is 62.9 cm³/mol. The average Bonchev–Trinajstić information content (AvgIpc) is 2.30. The standard InChI is InChI=1S/C11H18N4O/c1-9(2)16-11-7-10(13-8-14-11)15-5-3-12-4-6-15/h7-9,12H,3-6H2,1-2H3. The van der Waals surface area contributed by atoms with Gasteiger partial charge in [-0.25, -0.2) is 9.97 Å². The van der Waals surface area contributed by atoms with Crippen LogP contribution in [0.4, 0.5) is 5.82 Å². The first-order valence-electron chi connectivity index (χ1n) is 5.70. The second kappa shape index (κ2) is 5.12. The number of anilines is 1. The van der Waals surface area contributed by atoms with Crippen LogP contribution in [-0.2, 0) is 0 Å². The van der Waals surface area contributed by atoms with E-state index in [-0.39, 0.29) is 6.10 Å². The van der Waals surface area contributed by atoms with Crippen molar-refractivity contribution in [3.63, 3.8) is 0 Å². The summed E-state index contributed by atoms with van der Waals surface area (Å²) in [6.07, 6.45) is 1.71. The first kappa shape index (κ1) is 11.1. The van der Waals surface area contributed by atoms with Crippen molar-refractivity contribution in [3.8, 4) is 5.88 Å². The summed E-state index contributed by atoms with van der Waals surface area (Å²) in [6.45, 7) is 7.96. The molecule has 2 heterocycles. The Morgan fingerprint density at radius 1 is 1.31 bits per heavy atom. The molecule has 1 aliphatic heterocycles. The number of aromatic nitrogens is 2. The number of nitrogens with zero attached hydrogens (tertiary/aromatic N) is 3. The van der Waals surface area contributed by atoms with E-state index in [9.17, 15) is 0 Å². The molecule has 1 saturated heterocycles. The second-order valence-corrected chi connectivity index (χ2v) is 4.12. The summed E-state index contributed by atoms with van der Waals surface area (Å²) in [5.41, 5.74) is 0. The van der Waals surface area contributed by atoms with Crippen molar-refractivity contribution in [1.82, 2.24) is 15.3 Å². The zero-order valence-electron chi connectivity index (χ0n) is 9.81. The Balaban J connectivity index is 2.08. The van der Waals surface area contributed by atoms with Gasteiger partial charge in [0.2, 0.25) is 5.88 Å². The van der Waals surface area contributed by atoms with Crippen LogP contribution in [0, 0.1) is 0 Å². The van der Waals surface area contributed by atoms with Crippen molar-refractivity contribution in [2.45, 2.75) is 20.0 Å². The van der Waals surface area contributed by atoms with Crippen LogP contribution in [0.1, 0.15) is 13.8 Å². The Hall–Kier alpha value is -1.36. The lowest BCUT2D eigenvalue weighted by Crippen LogP contribution is -2.43. The van der Waals surface area contributed by atoms with E-state index in [1.54, 1.807) is 6.33 Å². The summed E-state index contributed by atoms with van der Waals surface area (Å²) < 4.78 is 5.55. The molecule has 0 saturated carbocycles. The SMILES string of the molecule is CC(C)Oc1cc(N2CCNCC2)ncn1. The minimum absolute atomic E-state index is 0.144. The number of piperazine rings is 1. The van der Waals surface area contributed by atoms with Gasteiger partial charge >= 0.3 is 0 Å². The topological polar surface area (TPSA) is 50.3 Å². The average molecular weight is 222 g/mol. The van der Waals surface area contributed by atoms with E-state index in [1.165, 1.54) is 0 Å². The van der Waals surface area contributed by atoms with E-state index in [1.807, 2.05) is 19.9 Å². The van der Waals surface area contributed by atoms with E-state index >= 15 is 0 Å². The van der Waals surface area contributed by atoms with E-state index in [0.29, 0.717) is 5.88 Å². The van der Waals surface area contributed by atoms with Gasteiger partial charge in [0.05, 0.1) is 6.10 Å². The van der Waals surface area contributed by atoms with Crippen molar-refractivity contribution in [1.29, 1.82) is 0 Å². The van der Waals surface area contributed by atoms with Gasteiger partial charge in [0, 0.05) is 32.2 Å². The third kappa shape index (κ3) is 2.82. The van der Waals surface area contributed by atoms with Gasteiger partial charge in [-0.15, -0.1) is 0 Å². The number of rotatable bonds is 3. The smallest absolute Gasteiger partial charge is 0.218 e. The van der Waals surface area contributed by atoms with Gasteiger partial charge in [-0.3, -0.25) is 0 Å². The Bertz CT molecular complexity index is 337. The van der Waals surface area contributed by atoms with Gasteiger partial charge in [0.25, 0.3) is 0 Å². The Morgan fingerprint density at radius 2 is 2.06 bits per heavy atom. The maximum Gasteiger partial charge on any atom is 0.218 e. The minimum atomic E-state index is 0.144. The van der Waals surface area contributed by atoms with Gasteiger partial charge in [-0.1, -0.05) is 0 Å². The molecule has 88 valence electrons. The minimum Gasteiger partial charge on any atom is -0.475 e. The van der Waals surface area contributed by atoms with Crippen LogP contribution in [0.3, 0.4) is 0 Å². The van der Waals surface area contributed by atoms with Crippen molar-refractivity contribution >= 4 is 5.82 Å². The molecule has 1 aromatic heterocycles. The molecule has 1 aliphatic rings. The number of ether oxygens (including phenoxy) is 1. The van der Waals surface area contributed by atoms with Crippen LogP contribution in [0.2, 0.25) is 0 Å². The quantitative estimate of drug-likeness (QED) is 0.814. The zero-order chi connectivity index (χ0) is 11.4. The van der Waals surface area contributed by atoms with E-state index in [4.69, 9.17) is 4.74 Å². The highest BCUT2D eigenvalue weighted by molar-refractivity contribution is 5.41. The first-order valence-corrected chi connectivity index (χ1v) is 5.70. The second-order valence-electron chi connectivity index (χ2n) is 4.12. The number of hydrogen-bond donors (Lipinski definition) is 1. The summed E-state index contributed by atoms with van der Waals surface area (Å²) in [5.74, 6) is 1.60. The lowest BCUT2D eigenvalue weighted by Gasteiger charge is -2.28. The third-order valence-corrected chi connectivity index (χ3v) is 2.42. The van der Waals surface area contributed by atoms with Crippen LogP contribution in [-0.4, -0.2) is 42.3 Å². The molecule has 0 spiro atoms. The lowest BCUT2D eigenvalue weighted by atomic mass is 10.3. The highest BCUT2D eigenvalue weighted by Gasteiger charge is 2.12. The van der Waals surface area contributed by atoms with Crippen LogP contribution in [0.15, 0.2) is 12.4 Å². The molecule has 2 rings (SSSR count). The molecule has 0 atom stereocenters. The summed E-state index contributed by atoms with van der Waals surface area (Å²) in [7, 11) is 0. The fourth-order valence-corrected chi connectivity index (χ4v) is 1.70. The van der Waals surface area contributed by atoms with Crippen LogP contribution in [0.5, 0.6) is 5.88 Å². The molecule has 0 bridgehead atoms. The van der Waals surface area contributed by atoms with E-state index in [2.05, 4.69) is 20.2 Å². The van der Waals surface area contributed by atoms with Crippen molar-refractivity contribution < 1.29 is 4.74 Å². The van der Waals surface area contributed by atoms with Gasteiger partial charge in [0.15, 0.2) is 0 Å². The fourth-order valence-electron chi connectivity index (χ4n) is 1.70. The molecular formula is C11H18N4O. The normalized spacial score (nSPS) is 16.6. The maximum atomic E-state index is 5.55. The Morgan fingerprint density at radius 3 is 2.75 bits per heavy atom. The van der Waals surface area contributed by atoms with Crippen LogP contribution < -0.4 is 15.0 Å². The molecule has 1 aromatic rings. The van der Waals surface area contributed by atoms with E-state index in [0.717, 1.165) is 32.0 Å². The summed E-state index contributed by atoms with van der Waals surface area (Å²) in [4.78, 5) is 10.6. The fraction of sp³-hybridized carbons (Fsp3) is 0.636. The number of nitrogens with one attached hydrogen (secondary N) is 1. The predicted octanol–water partition coefficient (Wildman–Crippen LogP) is 0.673. The lowest BCUT2D eigenvalue weighted by molar-refractivity contribution is 0.232. The highest BCUT2D eigenvalue weighted by atomic mass is 16.5. The molecule has 5 nitrogen and oxygen atoms in total. The Kier molecular flexibility index (Phi) is 3.56. The maximum absolute atomic E-state index is 5.55. The molecule has 0 amide bonds. The largest absolute Gasteiger partial charge is 0.475 e. The van der Waals surface area contributed by atoms with Gasteiger partial charge in [0.1, 0.15) is 12.1 Å². The first-order chi connectivity index (χ1) is 7.75. The zero-order valence-corrected chi connectivity index (χ0v) is 9.81. The molecule has 0 aliphatic carbocycles. The highest BCUT2D eigenvalue weighted by Crippen LogP contribution is 2.16. The molecule has 5 heteroatoms. The molecule has 16 heavy (non-hydrogen) atoms. The van der Waals surface area contributed by atoms with Crippen LogP contribution >= 0.6 is 0 Å². The summed E-state index contributed by atoms with van der Waals surface area (Å²) >= 11 is 0. The molecular weight excluding hydrogens is 204 g/mol. The molecule has 0 unspecified atom stereocenters. The van der Waals surface area contributed by atoms with Gasteiger partial charge in [-0.2, -0.15) is 0 Å². The van der Waals surface area contributed by atoms with Gasteiger partial charge in [-0.05, 0) is 13.8 Å². The van der Waals surface area contributed by atoms with Crippen LogP contribution in [0.25, 0.3) is 0 Å². The van der Waals surface area contributed by atoms with Crippen molar-refractivity contribution in [2.75, 3.05) is 31.1 Å². The van der Waals surface area contributed by atoms with Crippen molar-refractivity contribution in [2.24, 2.45) is 0 Å². The van der Waals surface area contributed by atoms with E-state index < -0.39 is 0 Å². The molecule has 1 N–H and O–H groups in total.